The van der Waals surface area contributed by atoms with Crippen molar-refractivity contribution in [1.82, 2.24) is 24.4 Å². The first-order valence-electron chi connectivity index (χ1n) is 11.7. The summed E-state index contributed by atoms with van der Waals surface area (Å²) in [7, 11) is 0. The molecular weight excluding hydrogens is 500 g/mol. The molecule has 2 aromatic heterocycles. The van der Waals surface area contributed by atoms with Crippen LogP contribution >= 0.6 is 22.9 Å². The highest BCUT2D eigenvalue weighted by Crippen LogP contribution is 2.26. The van der Waals surface area contributed by atoms with Crippen molar-refractivity contribution >= 4 is 51.2 Å². The fraction of sp³-hybridized carbons (Fsp3) is 0.320. The molecule has 0 saturated heterocycles. The highest BCUT2D eigenvalue weighted by molar-refractivity contribution is 7.18. The number of carbonyl (C=O) groups is 1. The highest BCUT2D eigenvalue weighted by Gasteiger charge is 2.16. The van der Waals surface area contributed by atoms with Crippen LogP contribution in [0.2, 0.25) is 5.02 Å². The van der Waals surface area contributed by atoms with Gasteiger partial charge in [0.1, 0.15) is 0 Å². The Morgan fingerprint density at radius 1 is 1.08 bits per heavy atom. The molecule has 0 aliphatic carbocycles. The van der Waals surface area contributed by atoms with E-state index in [9.17, 15) is 14.4 Å². The first kappa shape index (κ1) is 27.1. The normalized spacial score (nSPS) is 11.5. The Morgan fingerprint density at radius 3 is 2.47 bits per heavy atom. The minimum absolute atomic E-state index is 0.00305. The number of benzene rings is 2. The number of amides is 1. The molecule has 0 bridgehead atoms. The number of nitrogens with one attached hydrogen (secondary N) is 2. The third kappa shape index (κ3) is 6.38. The van der Waals surface area contributed by atoms with Gasteiger partial charge in [0, 0.05) is 16.8 Å². The van der Waals surface area contributed by atoms with Gasteiger partial charge in [0.25, 0.3) is 0 Å². The van der Waals surface area contributed by atoms with Crippen molar-refractivity contribution in [2.24, 2.45) is 0 Å². The van der Waals surface area contributed by atoms with Crippen LogP contribution in [0, 0.1) is 0 Å². The fourth-order valence-electron chi connectivity index (χ4n) is 3.47. The van der Waals surface area contributed by atoms with Crippen molar-refractivity contribution in [3.8, 4) is 0 Å². The van der Waals surface area contributed by atoms with E-state index in [0.29, 0.717) is 17.1 Å². The molecule has 9 nitrogen and oxygen atoms in total. The molecule has 0 radical (unpaired) electrons. The predicted octanol–water partition coefficient (Wildman–Crippen LogP) is 4.18. The molecule has 190 valence electrons. The van der Waals surface area contributed by atoms with Gasteiger partial charge in [-0.05, 0) is 49.2 Å². The number of halogens is 1. The zero-order valence-corrected chi connectivity index (χ0v) is 22.2. The summed E-state index contributed by atoms with van der Waals surface area (Å²) < 4.78 is 3.41. The maximum Gasteiger partial charge on any atom is 0.355 e. The van der Waals surface area contributed by atoms with Crippen molar-refractivity contribution < 1.29 is 4.79 Å². The molecule has 4 aromatic rings. The Labute approximate surface area is 217 Å². The maximum absolute atomic E-state index is 13.4. The molecule has 0 aliphatic rings. The van der Waals surface area contributed by atoms with Crippen molar-refractivity contribution in [2.75, 3.05) is 5.32 Å². The van der Waals surface area contributed by atoms with Crippen LogP contribution in [0.5, 0.6) is 0 Å². The summed E-state index contributed by atoms with van der Waals surface area (Å²) in [5.41, 5.74) is 1.15. The van der Waals surface area contributed by atoms with Crippen LogP contribution in [0.1, 0.15) is 38.3 Å². The first-order valence-corrected chi connectivity index (χ1v) is 12.9. The number of anilines is 2. The third-order valence-electron chi connectivity index (χ3n) is 5.20. The van der Waals surface area contributed by atoms with Gasteiger partial charge in [-0.25, -0.2) is 19.1 Å². The van der Waals surface area contributed by atoms with Crippen molar-refractivity contribution in [1.29, 1.82) is 0 Å². The molecule has 11 heteroatoms. The monoisotopic (exact) mass is 528 g/mol. The van der Waals surface area contributed by atoms with Crippen LogP contribution in [0.3, 0.4) is 0 Å². The van der Waals surface area contributed by atoms with Gasteiger partial charge in [0.15, 0.2) is 0 Å². The van der Waals surface area contributed by atoms with Crippen molar-refractivity contribution in [2.45, 2.75) is 53.2 Å². The Kier molecular flexibility index (Phi) is 9.38. The lowest BCUT2D eigenvalue weighted by Crippen LogP contribution is -2.46. The van der Waals surface area contributed by atoms with E-state index in [0.717, 1.165) is 31.8 Å². The number of rotatable bonds is 9. The van der Waals surface area contributed by atoms with E-state index in [1.807, 2.05) is 32.0 Å². The molecule has 1 amide bonds. The number of carbonyl (C=O) groups excluding carboxylic acids is 1. The Morgan fingerprint density at radius 2 is 1.81 bits per heavy atom. The van der Waals surface area contributed by atoms with Gasteiger partial charge in [0.05, 0.1) is 28.3 Å². The number of nitrogens with zero attached hydrogens (tertiary/aromatic N) is 4. The summed E-state index contributed by atoms with van der Waals surface area (Å²) in [4.78, 5) is 45.6. The van der Waals surface area contributed by atoms with Gasteiger partial charge < -0.3 is 10.6 Å². The van der Waals surface area contributed by atoms with E-state index in [2.05, 4.69) is 27.5 Å². The molecule has 0 fully saturated rings. The van der Waals surface area contributed by atoms with E-state index in [1.165, 1.54) is 4.57 Å². The quantitative estimate of drug-likeness (QED) is 0.315. The summed E-state index contributed by atoms with van der Waals surface area (Å²) in [6.45, 7) is 7.92. The van der Waals surface area contributed by atoms with Gasteiger partial charge in [-0.2, -0.15) is 4.98 Å². The number of thiazole rings is 1. The topological polar surface area (TPSA) is 111 Å². The van der Waals surface area contributed by atoms with Crippen LogP contribution in [-0.4, -0.2) is 31.6 Å². The Balaban J connectivity index is 0.00000176. The van der Waals surface area contributed by atoms with Gasteiger partial charge in [0.2, 0.25) is 12.4 Å². The molecule has 2 aromatic carbocycles. The van der Waals surface area contributed by atoms with Gasteiger partial charge in [-0.3, -0.25) is 9.36 Å². The van der Waals surface area contributed by atoms with E-state index >= 15 is 0 Å². The van der Waals surface area contributed by atoms with E-state index in [4.69, 9.17) is 11.6 Å². The van der Waals surface area contributed by atoms with Crippen LogP contribution in [-0.2, 0) is 24.3 Å². The van der Waals surface area contributed by atoms with Gasteiger partial charge >= 0.3 is 11.4 Å². The molecule has 0 aliphatic heterocycles. The van der Waals surface area contributed by atoms with E-state index in [-0.39, 0.29) is 19.0 Å². The summed E-state index contributed by atoms with van der Waals surface area (Å²) in [6.07, 6.45) is 1.38. The molecule has 36 heavy (non-hydrogen) atoms. The van der Waals surface area contributed by atoms with Gasteiger partial charge in [-0.1, -0.05) is 44.5 Å². The van der Waals surface area contributed by atoms with Crippen LogP contribution < -0.4 is 22.0 Å². The lowest BCUT2D eigenvalue weighted by atomic mass is 10.2. The second-order valence-electron chi connectivity index (χ2n) is 7.78. The molecule has 0 saturated carbocycles. The predicted molar refractivity (Wildman–Crippen MR) is 146 cm³/mol. The maximum atomic E-state index is 13.4. The van der Waals surface area contributed by atoms with Crippen LogP contribution in [0.25, 0.3) is 10.2 Å². The van der Waals surface area contributed by atoms with Gasteiger partial charge in [-0.15, -0.1) is 11.3 Å². The second-order valence-corrected chi connectivity index (χ2v) is 9.33. The largest absolute Gasteiger partial charge is 0.355 e. The van der Waals surface area contributed by atoms with E-state index in [1.54, 1.807) is 42.5 Å². The van der Waals surface area contributed by atoms with Crippen LogP contribution in [0.4, 0.5) is 11.6 Å². The standard InChI is InChI=1S/C23H23ClN6O3S.C2H6/c1-3-20-27-18-9-8-17(10-19(18)34-20)26-21-28-22(32)30(11-14(2)25-13-31)23(33)29(21)12-15-4-6-16(24)7-5-15;1-2/h4-10,13-14H,3,11-12H2,1-2H3,(H,25,31)(H,26,28,32);1-2H3. The zero-order chi connectivity index (χ0) is 26.2. The summed E-state index contributed by atoms with van der Waals surface area (Å²) in [6, 6.07) is 12.3. The molecule has 1 atom stereocenters. The minimum Gasteiger partial charge on any atom is -0.354 e. The SMILES string of the molecule is CC.CCc1nc2ccc(Nc3nc(=O)n(CC(C)NC=O)c(=O)n3Cc3ccc(Cl)cc3)cc2s1. The molecule has 2 N–H and O–H groups in total. The summed E-state index contributed by atoms with van der Waals surface area (Å²) in [5.74, 6) is 0.122. The number of hydrogen-bond acceptors (Lipinski definition) is 7. The fourth-order valence-corrected chi connectivity index (χ4v) is 4.54. The zero-order valence-electron chi connectivity index (χ0n) is 20.6. The molecule has 1 unspecified atom stereocenters. The molecule has 0 spiro atoms. The smallest absolute Gasteiger partial charge is 0.354 e. The summed E-state index contributed by atoms with van der Waals surface area (Å²) >= 11 is 7.60. The molecule has 4 rings (SSSR count). The number of aryl methyl sites for hydroxylation is 1. The first-order chi connectivity index (χ1) is 17.4. The average Bonchev–Trinajstić information content (AvgIpc) is 3.29. The summed E-state index contributed by atoms with van der Waals surface area (Å²) in [5, 5.41) is 7.29. The molecule has 2 heterocycles. The Hall–Kier alpha value is -3.50. The van der Waals surface area contributed by atoms with Crippen molar-refractivity contribution in [3.63, 3.8) is 0 Å². The van der Waals surface area contributed by atoms with Crippen molar-refractivity contribution in [3.05, 3.63) is 79.0 Å². The number of fused-ring (bicyclic) bond motifs is 1. The number of aromatic nitrogens is 4. The highest BCUT2D eigenvalue weighted by atomic mass is 35.5. The lowest BCUT2D eigenvalue weighted by molar-refractivity contribution is -0.110. The molecular formula is C25H29ClN6O3S. The number of hydrogen-bond donors (Lipinski definition) is 2. The lowest BCUT2D eigenvalue weighted by Gasteiger charge is -2.17. The average molecular weight is 529 g/mol. The third-order valence-corrected chi connectivity index (χ3v) is 6.62. The minimum atomic E-state index is -0.702. The van der Waals surface area contributed by atoms with E-state index < -0.39 is 17.4 Å². The van der Waals surface area contributed by atoms with Crippen LogP contribution in [0.15, 0.2) is 52.1 Å². The second kappa shape index (κ2) is 12.5. The Bertz CT molecular complexity index is 1450.